The Morgan fingerprint density at radius 3 is 1.92 bits per heavy atom. The zero-order valence-corrected chi connectivity index (χ0v) is 16.9. The van der Waals surface area contributed by atoms with E-state index in [-0.39, 0.29) is 40.8 Å². The molecule has 0 aliphatic heterocycles. The van der Waals surface area contributed by atoms with Gasteiger partial charge in [0.05, 0.1) is 7.11 Å². The van der Waals surface area contributed by atoms with E-state index in [9.17, 15) is 13.6 Å². The summed E-state index contributed by atoms with van der Waals surface area (Å²) < 4.78 is 33.0. The first-order valence-electron chi connectivity index (χ1n) is 7.63. The maximum absolute atomic E-state index is 14.2. The van der Waals surface area contributed by atoms with Gasteiger partial charge in [0.15, 0.2) is 0 Å². The number of hydrogen-bond acceptors (Lipinski definition) is 3. The predicted molar refractivity (Wildman–Crippen MR) is 102 cm³/mol. The number of nitrogens with zero attached hydrogens (tertiary/aromatic N) is 1. The van der Waals surface area contributed by atoms with Gasteiger partial charge in [-0.15, -0.1) is 0 Å². The summed E-state index contributed by atoms with van der Waals surface area (Å²) in [4.78, 5) is 12.7. The van der Waals surface area contributed by atoms with E-state index in [4.69, 9.17) is 27.9 Å². The van der Waals surface area contributed by atoms with Crippen molar-refractivity contribution in [1.29, 1.82) is 0 Å². The maximum atomic E-state index is 14.2. The zero-order valence-electron chi connectivity index (χ0n) is 13.8. The minimum atomic E-state index is -0.677. The largest absolute Gasteiger partial charge is 0.468 e. The van der Waals surface area contributed by atoms with Gasteiger partial charge in [0, 0.05) is 40.8 Å². The second-order valence-corrected chi connectivity index (χ2v) is 7.48. The average molecular weight is 467 g/mol. The molecule has 2 aromatic rings. The van der Waals surface area contributed by atoms with Crippen LogP contribution in [0.4, 0.5) is 8.78 Å². The Bertz CT molecular complexity index is 698. The van der Waals surface area contributed by atoms with Crippen molar-refractivity contribution in [1.82, 2.24) is 4.90 Å². The number of halogens is 5. The topological polar surface area (TPSA) is 29.5 Å². The number of alkyl halides is 1. The second kappa shape index (κ2) is 9.65. The smallest absolute Gasteiger partial charge is 0.320 e. The van der Waals surface area contributed by atoms with Gasteiger partial charge in [0.2, 0.25) is 0 Å². The van der Waals surface area contributed by atoms with Crippen molar-refractivity contribution >= 4 is 45.1 Å². The highest BCUT2D eigenvalue weighted by Crippen LogP contribution is 2.25. The Morgan fingerprint density at radius 2 is 1.54 bits per heavy atom. The molecular weight excluding hydrogens is 451 g/mol. The Hall–Kier alpha value is -1.21. The van der Waals surface area contributed by atoms with Crippen LogP contribution in [0.2, 0.25) is 10.0 Å². The van der Waals surface area contributed by atoms with Gasteiger partial charge in [0.1, 0.15) is 16.5 Å². The highest BCUT2D eigenvalue weighted by molar-refractivity contribution is 9.10. The summed E-state index contributed by atoms with van der Waals surface area (Å²) >= 11 is 15.4. The van der Waals surface area contributed by atoms with Crippen LogP contribution in [0.25, 0.3) is 0 Å². The molecule has 140 valence electrons. The highest BCUT2D eigenvalue weighted by Gasteiger charge is 2.23. The molecule has 0 radical (unpaired) electrons. The molecule has 0 aliphatic rings. The predicted octanol–water partition coefficient (Wildman–Crippen LogP) is 5.21. The molecule has 0 saturated heterocycles. The molecule has 0 spiro atoms. The van der Waals surface area contributed by atoms with E-state index in [2.05, 4.69) is 15.9 Å². The summed E-state index contributed by atoms with van der Waals surface area (Å²) in [6, 6.07) is 8.73. The van der Waals surface area contributed by atoms with Crippen LogP contribution in [-0.4, -0.2) is 29.4 Å². The van der Waals surface area contributed by atoms with Gasteiger partial charge < -0.3 is 4.74 Å². The fourth-order valence-electron chi connectivity index (χ4n) is 2.43. The highest BCUT2D eigenvalue weighted by atomic mass is 79.9. The standard InChI is InChI=1S/C18H16BrCl2F2NO2/c1-26-18(25)13(19)10-24(8-11-14(20)4-2-6-16(11)22)9-12-15(21)5-3-7-17(12)23/h2-7,13H,8-10H2,1H3. The Balaban J connectivity index is 2.31. The minimum absolute atomic E-state index is 0.0647. The van der Waals surface area contributed by atoms with E-state index in [1.54, 1.807) is 17.0 Å². The van der Waals surface area contributed by atoms with Crippen LogP contribution < -0.4 is 0 Å². The molecule has 0 aromatic heterocycles. The number of benzene rings is 2. The summed E-state index contributed by atoms with van der Waals surface area (Å²) in [6.07, 6.45) is 0. The van der Waals surface area contributed by atoms with Crippen LogP contribution in [0.15, 0.2) is 36.4 Å². The first kappa shape index (κ1) is 21.1. The quantitative estimate of drug-likeness (QED) is 0.414. The van der Waals surface area contributed by atoms with Gasteiger partial charge in [-0.2, -0.15) is 0 Å². The molecule has 1 atom stereocenters. The van der Waals surface area contributed by atoms with Crippen molar-refractivity contribution in [2.45, 2.75) is 17.9 Å². The molecular formula is C18H16BrCl2F2NO2. The van der Waals surface area contributed by atoms with Gasteiger partial charge in [-0.1, -0.05) is 51.3 Å². The molecule has 1 unspecified atom stereocenters. The molecule has 2 rings (SSSR count). The van der Waals surface area contributed by atoms with E-state index in [1.165, 1.54) is 31.4 Å². The van der Waals surface area contributed by atoms with Crippen molar-refractivity contribution in [3.05, 3.63) is 69.2 Å². The molecule has 0 fully saturated rings. The van der Waals surface area contributed by atoms with Gasteiger partial charge in [0.25, 0.3) is 0 Å². The van der Waals surface area contributed by atoms with E-state index < -0.39 is 22.4 Å². The third-order valence-electron chi connectivity index (χ3n) is 3.76. The number of rotatable bonds is 7. The summed E-state index contributed by atoms with van der Waals surface area (Å²) in [5, 5.41) is 0.498. The number of hydrogen-bond donors (Lipinski definition) is 0. The van der Waals surface area contributed by atoms with Gasteiger partial charge in [-0.3, -0.25) is 9.69 Å². The lowest BCUT2D eigenvalue weighted by molar-refractivity contribution is -0.140. The second-order valence-electron chi connectivity index (χ2n) is 5.56. The Kier molecular flexibility index (Phi) is 7.83. The van der Waals surface area contributed by atoms with E-state index in [0.29, 0.717) is 0 Å². The molecule has 0 heterocycles. The number of esters is 1. The van der Waals surface area contributed by atoms with Crippen molar-refractivity contribution in [3.63, 3.8) is 0 Å². The van der Waals surface area contributed by atoms with Crippen molar-refractivity contribution < 1.29 is 18.3 Å². The molecule has 2 aromatic carbocycles. The molecule has 0 aliphatic carbocycles. The van der Waals surface area contributed by atoms with Crippen LogP contribution in [0, 0.1) is 11.6 Å². The molecule has 0 N–H and O–H groups in total. The lowest BCUT2D eigenvalue weighted by atomic mass is 10.1. The minimum Gasteiger partial charge on any atom is -0.468 e. The Labute approximate surface area is 169 Å². The van der Waals surface area contributed by atoms with Gasteiger partial charge in [-0.05, 0) is 24.3 Å². The van der Waals surface area contributed by atoms with Crippen LogP contribution in [-0.2, 0) is 22.6 Å². The SMILES string of the molecule is COC(=O)C(Br)CN(Cc1c(F)cccc1Cl)Cc1c(F)cccc1Cl. The number of ether oxygens (including phenoxy) is 1. The molecule has 8 heteroatoms. The van der Waals surface area contributed by atoms with Crippen LogP contribution >= 0.6 is 39.1 Å². The molecule has 0 amide bonds. The van der Waals surface area contributed by atoms with Crippen LogP contribution in [0.5, 0.6) is 0 Å². The van der Waals surface area contributed by atoms with E-state index in [1.807, 2.05) is 0 Å². The van der Waals surface area contributed by atoms with Gasteiger partial charge >= 0.3 is 5.97 Å². The van der Waals surface area contributed by atoms with Crippen molar-refractivity contribution in [2.24, 2.45) is 0 Å². The van der Waals surface area contributed by atoms with Gasteiger partial charge in [-0.25, -0.2) is 8.78 Å². The fourth-order valence-corrected chi connectivity index (χ4v) is 3.47. The fraction of sp³-hybridized carbons (Fsp3) is 0.278. The first-order chi connectivity index (χ1) is 12.3. The Morgan fingerprint density at radius 1 is 1.08 bits per heavy atom. The number of carbonyl (C=O) groups is 1. The summed E-state index contributed by atoms with van der Waals surface area (Å²) in [5.74, 6) is -1.45. The first-order valence-corrected chi connectivity index (χ1v) is 9.30. The van der Waals surface area contributed by atoms with Crippen molar-refractivity contribution in [2.75, 3.05) is 13.7 Å². The van der Waals surface area contributed by atoms with E-state index in [0.717, 1.165) is 0 Å². The lowest BCUT2D eigenvalue weighted by Crippen LogP contribution is -2.34. The monoisotopic (exact) mass is 465 g/mol. The third-order valence-corrected chi connectivity index (χ3v) is 5.13. The lowest BCUT2D eigenvalue weighted by Gasteiger charge is -2.25. The third kappa shape index (κ3) is 5.39. The summed E-state index contributed by atoms with van der Waals surface area (Å²) in [7, 11) is 1.27. The maximum Gasteiger partial charge on any atom is 0.320 e. The number of methoxy groups -OCH3 is 1. The average Bonchev–Trinajstić information content (AvgIpc) is 2.60. The normalized spacial score (nSPS) is 12.3. The van der Waals surface area contributed by atoms with Crippen LogP contribution in [0.1, 0.15) is 11.1 Å². The molecule has 3 nitrogen and oxygen atoms in total. The molecule has 26 heavy (non-hydrogen) atoms. The van der Waals surface area contributed by atoms with Crippen LogP contribution in [0.3, 0.4) is 0 Å². The summed E-state index contributed by atoms with van der Waals surface area (Å²) in [6.45, 7) is 0.270. The number of carbonyl (C=O) groups excluding carboxylic acids is 1. The van der Waals surface area contributed by atoms with Crippen molar-refractivity contribution in [3.8, 4) is 0 Å². The van der Waals surface area contributed by atoms with E-state index >= 15 is 0 Å². The molecule has 0 saturated carbocycles. The summed E-state index contributed by atoms with van der Waals surface area (Å²) in [5.41, 5.74) is 0.511. The molecule has 0 bridgehead atoms. The zero-order chi connectivity index (χ0) is 19.3.